The van der Waals surface area contributed by atoms with Gasteiger partial charge in [-0.15, -0.1) is 0 Å². The lowest BCUT2D eigenvalue weighted by atomic mass is 9.96. The number of para-hydroxylation sites is 3. The van der Waals surface area contributed by atoms with Crippen molar-refractivity contribution in [3.8, 4) is 0 Å². The summed E-state index contributed by atoms with van der Waals surface area (Å²) in [6.45, 7) is 72.0. The smallest absolute Gasteiger partial charge is 0.379 e. The predicted octanol–water partition coefficient (Wildman–Crippen LogP) is 27.5. The Kier molecular flexibility index (Phi) is 101. The third-order valence-electron chi connectivity index (χ3n) is 13.3. The lowest BCUT2D eigenvalue weighted by molar-refractivity contribution is -0.136. The van der Waals surface area contributed by atoms with E-state index in [0.717, 1.165) is 66.1 Å². The zero-order valence-electron chi connectivity index (χ0n) is 81.2. The van der Waals surface area contributed by atoms with Gasteiger partial charge in [0.05, 0.1) is 47.8 Å². The number of aromatic nitrogens is 3. The lowest BCUT2D eigenvalue weighted by Gasteiger charge is -2.03. The quantitative estimate of drug-likeness (QED) is 0.0438. The summed E-state index contributed by atoms with van der Waals surface area (Å²) in [5.41, 5.74) is 15.0. The Hall–Kier alpha value is -11.0. The summed E-state index contributed by atoms with van der Waals surface area (Å²) in [6.07, 6.45) is 5.90. The number of nitrogens with two attached hydrogens (primary N) is 1. The van der Waals surface area contributed by atoms with Gasteiger partial charge in [0.1, 0.15) is 0 Å². The molecule has 0 fully saturated rings. The van der Waals surface area contributed by atoms with E-state index in [1.165, 1.54) is 7.11 Å². The summed E-state index contributed by atoms with van der Waals surface area (Å²) in [4.78, 5) is 92.9. The molecular weight excluding hydrogens is 1470 g/mol. The monoisotopic (exact) mass is 1630 g/mol. The van der Waals surface area contributed by atoms with Gasteiger partial charge < -0.3 is 29.3 Å². The van der Waals surface area contributed by atoms with Crippen molar-refractivity contribution in [1.82, 2.24) is 24.3 Å². The largest absolute Gasteiger partial charge is 0.481 e. The SMILES string of the molecule is CC.CC.CC.CC.CC.CC.CC.CC.CC.CC.CC.CC.CC.CC.CC.CC.CC.CC.COC(=O)C(=O)c1cn(C)c2ccccc12.Cn1cc(C2=C(c3ccccc3)C(=O)NC2=O)c2ccccc21.Cn1cc(C2=C(c3ccccc3)C(=O)NC2=O)c2ccccc21.NC(=O)Cc1ccccc1.O=C(O)Cc1ccccc1. The van der Waals surface area contributed by atoms with Crippen LogP contribution in [-0.4, -0.2) is 73.2 Å². The van der Waals surface area contributed by atoms with Crippen molar-refractivity contribution < 1.29 is 48.2 Å². The average Bonchev–Trinajstić information content (AvgIpc) is 1.61. The molecule has 0 radical (unpaired) electrons. The van der Waals surface area contributed by atoms with Crippen LogP contribution < -0.4 is 16.4 Å². The molecule has 2 aliphatic heterocycles. The Balaban J connectivity index is -0.000000125. The molecule has 5 N–H and O–H groups in total. The number of amides is 5. The van der Waals surface area contributed by atoms with Crippen LogP contribution in [0.25, 0.3) is 55.0 Å². The molecule has 2 aliphatic rings. The number of aliphatic carboxylic acids is 1. The van der Waals surface area contributed by atoms with Crippen LogP contribution >= 0.6 is 0 Å². The first kappa shape index (κ1) is 130. The van der Waals surface area contributed by atoms with E-state index < -0.39 is 17.7 Å². The van der Waals surface area contributed by atoms with Gasteiger partial charge in [0.15, 0.2) is 0 Å². The van der Waals surface area contributed by atoms with Crippen molar-refractivity contribution in [2.75, 3.05) is 7.11 Å². The zero-order valence-corrected chi connectivity index (χ0v) is 81.2. The van der Waals surface area contributed by atoms with Gasteiger partial charge in [-0.1, -0.05) is 425 Å². The van der Waals surface area contributed by atoms with Crippen molar-refractivity contribution in [1.29, 1.82) is 0 Å². The van der Waals surface area contributed by atoms with Crippen LogP contribution in [0.5, 0.6) is 0 Å². The maximum Gasteiger partial charge on any atom is 0.379 e. The second-order valence-corrected chi connectivity index (χ2v) is 18.8. The number of aryl methyl sites for hydroxylation is 3. The summed E-state index contributed by atoms with van der Waals surface area (Å²) >= 11 is 0. The fourth-order valence-electron chi connectivity index (χ4n) is 9.56. The Labute approximate surface area is 718 Å². The number of hydrogen-bond acceptors (Lipinski definition) is 9. The van der Waals surface area contributed by atoms with E-state index in [1.807, 2.05) is 478 Å². The van der Waals surface area contributed by atoms with E-state index in [2.05, 4.69) is 15.4 Å². The summed E-state index contributed by atoms with van der Waals surface area (Å²) < 4.78 is 10.2. The summed E-state index contributed by atoms with van der Waals surface area (Å²) in [5, 5.41) is 15.9. The van der Waals surface area contributed by atoms with Gasteiger partial charge in [0, 0.05) is 83.6 Å². The van der Waals surface area contributed by atoms with E-state index in [9.17, 15) is 38.4 Å². The van der Waals surface area contributed by atoms with Crippen molar-refractivity contribution in [3.63, 3.8) is 0 Å². The second-order valence-electron chi connectivity index (χ2n) is 18.8. The fourth-order valence-corrected chi connectivity index (χ4v) is 9.56. The number of carboxylic acids is 1. The molecule has 0 bridgehead atoms. The molecule has 0 saturated carbocycles. The van der Waals surface area contributed by atoms with Gasteiger partial charge in [0.25, 0.3) is 29.4 Å². The molecule has 118 heavy (non-hydrogen) atoms. The molecule has 5 heterocycles. The van der Waals surface area contributed by atoms with E-state index in [-0.39, 0.29) is 36.0 Å². The van der Waals surface area contributed by atoms with Crippen LogP contribution in [0.2, 0.25) is 0 Å². The van der Waals surface area contributed by atoms with Gasteiger partial charge >= 0.3 is 11.9 Å². The molecule has 0 spiro atoms. The first-order valence-electron chi connectivity index (χ1n) is 43.7. The molecule has 3 aromatic heterocycles. The van der Waals surface area contributed by atoms with Crippen molar-refractivity contribution in [2.24, 2.45) is 26.9 Å². The number of carbonyl (C=O) groups is 8. The molecule has 7 aromatic carbocycles. The third kappa shape index (κ3) is 46.7. The number of nitrogens with zero attached hydrogens (tertiary/aromatic N) is 3. The number of nitrogens with one attached hydrogen (secondary N) is 2. The molecule has 16 nitrogen and oxygen atoms in total. The van der Waals surface area contributed by atoms with E-state index in [1.54, 1.807) is 18.3 Å². The van der Waals surface area contributed by atoms with Crippen molar-refractivity contribution in [2.45, 2.75) is 262 Å². The number of esters is 1. The maximum atomic E-state index is 12.4. The number of rotatable bonds is 10. The summed E-state index contributed by atoms with van der Waals surface area (Å²) in [5.74, 6) is -3.89. The van der Waals surface area contributed by atoms with Gasteiger partial charge in [-0.25, -0.2) is 4.79 Å². The van der Waals surface area contributed by atoms with Crippen LogP contribution in [-0.2, 0) is 72.3 Å². The first-order valence-corrected chi connectivity index (χ1v) is 43.7. The number of primary amides is 1. The topological polar surface area (TPSA) is 231 Å². The first-order chi connectivity index (χ1) is 57.6. The number of carboxylic acid groups (broad SMARTS) is 1. The molecule has 0 atom stereocenters. The molecule has 12 rings (SSSR count). The highest BCUT2D eigenvalue weighted by atomic mass is 16.5. The molecule has 0 saturated heterocycles. The zero-order chi connectivity index (χ0) is 94.5. The standard InChI is InChI=1S/2C19H14N2O2.C12H11NO3.C8H9NO.C8H8O2.18C2H6/c2*1-21-11-14(13-9-5-6-10-15(13)21)17-16(18(22)20-19(17)23)12-7-3-2-4-8-12;1-13-7-9(11(14)12(15)16-2)8-5-3-4-6-10(8)13;2*9-8(10)6-7-4-2-1-3-5-7;18*1-2/h2*2-11H,1H3,(H,20,22,23);3-7H,1-2H3;1-5H,6H2,(H2,9,10);1-5H,6H2,(H,9,10);18*1-2H3. The minimum Gasteiger partial charge on any atom is -0.481 e. The lowest BCUT2D eigenvalue weighted by Crippen LogP contribution is -2.22. The van der Waals surface area contributed by atoms with Crippen LogP contribution in [0, 0.1) is 0 Å². The Bertz CT molecular complexity index is 3910. The molecule has 0 unspecified atom stereocenters. The molecule has 0 aliphatic carbocycles. The predicted molar refractivity (Wildman–Crippen MR) is 519 cm³/mol. The van der Waals surface area contributed by atoms with Crippen LogP contribution in [0.1, 0.15) is 293 Å². The second kappa shape index (κ2) is 91.5. The summed E-state index contributed by atoms with van der Waals surface area (Å²) in [7, 11) is 6.90. The number of Topliss-reactive ketones (excluding diaryl/α,β-unsaturated/α-hetero) is 1. The number of methoxy groups -OCH3 is 1. The highest BCUT2D eigenvalue weighted by Crippen LogP contribution is 2.37. The number of hydrogen-bond donors (Lipinski definition) is 4. The van der Waals surface area contributed by atoms with Crippen LogP contribution in [0.15, 0.2) is 213 Å². The number of ether oxygens (including phenoxy) is 1. The highest BCUT2D eigenvalue weighted by Gasteiger charge is 2.35. The van der Waals surface area contributed by atoms with Gasteiger partial charge in [-0.3, -0.25) is 44.2 Å². The molecule has 10 aromatic rings. The van der Waals surface area contributed by atoms with Gasteiger partial charge in [-0.05, 0) is 40.5 Å². The molecule has 5 amide bonds. The Morgan fingerprint density at radius 1 is 0.314 bits per heavy atom. The van der Waals surface area contributed by atoms with Crippen LogP contribution in [0.3, 0.4) is 0 Å². The fraction of sp³-hybridized carbons (Fsp3) is 0.412. The van der Waals surface area contributed by atoms with Crippen molar-refractivity contribution in [3.05, 3.63) is 252 Å². The normalized spacial score (nSPS) is 9.59. The number of imide groups is 2. The maximum absolute atomic E-state index is 12.4. The van der Waals surface area contributed by atoms with E-state index in [4.69, 9.17) is 10.8 Å². The number of fused-ring (bicyclic) bond motifs is 3. The van der Waals surface area contributed by atoms with Crippen LogP contribution in [0.4, 0.5) is 0 Å². The van der Waals surface area contributed by atoms with Crippen molar-refractivity contribution >= 4 is 102 Å². The van der Waals surface area contributed by atoms with E-state index >= 15 is 0 Å². The average molecular weight is 1630 g/mol. The van der Waals surface area contributed by atoms with Gasteiger partial charge in [-0.2, -0.15) is 0 Å². The molecular formula is C102H164N6O10. The summed E-state index contributed by atoms with van der Waals surface area (Å²) in [6, 6.07) is 60.3. The number of benzene rings is 7. The Morgan fingerprint density at radius 2 is 0.542 bits per heavy atom. The van der Waals surface area contributed by atoms with E-state index in [0.29, 0.717) is 34.3 Å². The molecule has 16 heteroatoms. The third-order valence-corrected chi connectivity index (χ3v) is 13.3. The van der Waals surface area contributed by atoms with Gasteiger partial charge in [0.2, 0.25) is 5.91 Å². The minimum absolute atomic E-state index is 0.112. The number of carbonyl (C=O) groups excluding carboxylic acids is 7. The Morgan fingerprint density at radius 3 is 0.814 bits per heavy atom. The molecule has 662 valence electrons. The highest BCUT2D eigenvalue weighted by molar-refractivity contribution is 6.51. The minimum atomic E-state index is -0.837. The number of ketones is 1.